The zero-order chi connectivity index (χ0) is 13.9. The number of piperidine rings is 1. The SMILES string of the molecule is O=C(O)C[C@@H]1CCCCN1S(=O)(=O)c1ccccc1. The van der Waals surface area contributed by atoms with Crippen molar-refractivity contribution in [2.45, 2.75) is 36.6 Å². The van der Waals surface area contributed by atoms with Crippen LogP contribution in [0.4, 0.5) is 0 Å². The van der Waals surface area contributed by atoms with E-state index in [1.165, 1.54) is 4.31 Å². The molecule has 19 heavy (non-hydrogen) atoms. The summed E-state index contributed by atoms with van der Waals surface area (Å²) in [4.78, 5) is 11.1. The highest BCUT2D eigenvalue weighted by molar-refractivity contribution is 7.89. The Bertz CT molecular complexity index is 541. The van der Waals surface area contributed by atoms with Gasteiger partial charge in [0.25, 0.3) is 0 Å². The average molecular weight is 283 g/mol. The summed E-state index contributed by atoms with van der Waals surface area (Å²) in [7, 11) is -3.59. The third-order valence-electron chi connectivity index (χ3n) is 3.33. The lowest BCUT2D eigenvalue weighted by Crippen LogP contribution is -2.44. The van der Waals surface area contributed by atoms with E-state index in [9.17, 15) is 13.2 Å². The number of carboxylic acid groups (broad SMARTS) is 1. The van der Waals surface area contributed by atoms with Crippen molar-refractivity contribution in [2.75, 3.05) is 6.54 Å². The molecule has 0 saturated carbocycles. The van der Waals surface area contributed by atoms with Crippen LogP contribution in [0, 0.1) is 0 Å². The summed E-state index contributed by atoms with van der Waals surface area (Å²) in [6, 6.07) is 7.75. The van der Waals surface area contributed by atoms with Crippen molar-refractivity contribution in [1.29, 1.82) is 0 Å². The second-order valence-corrected chi connectivity index (χ2v) is 6.57. The average Bonchev–Trinajstić information content (AvgIpc) is 2.39. The van der Waals surface area contributed by atoms with Crippen molar-refractivity contribution in [3.63, 3.8) is 0 Å². The van der Waals surface area contributed by atoms with E-state index in [0.29, 0.717) is 13.0 Å². The van der Waals surface area contributed by atoms with Gasteiger partial charge in [0.15, 0.2) is 0 Å². The second kappa shape index (κ2) is 5.71. The second-order valence-electron chi connectivity index (χ2n) is 4.68. The van der Waals surface area contributed by atoms with E-state index in [-0.39, 0.29) is 11.3 Å². The van der Waals surface area contributed by atoms with Gasteiger partial charge in [0.05, 0.1) is 11.3 Å². The number of benzene rings is 1. The normalized spacial score (nSPS) is 21.2. The molecular weight excluding hydrogens is 266 g/mol. The van der Waals surface area contributed by atoms with E-state index in [4.69, 9.17) is 5.11 Å². The monoisotopic (exact) mass is 283 g/mol. The maximum Gasteiger partial charge on any atom is 0.304 e. The molecule has 1 fully saturated rings. The third-order valence-corrected chi connectivity index (χ3v) is 5.30. The number of carboxylic acids is 1. The minimum Gasteiger partial charge on any atom is -0.481 e. The predicted molar refractivity (Wildman–Crippen MR) is 70.2 cm³/mol. The Hall–Kier alpha value is -1.40. The highest BCUT2D eigenvalue weighted by Crippen LogP contribution is 2.26. The number of aliphatic carboxylic acids is 1. The Kier molecular flexibility index (Phi) is 4.21. The molecular formula is C13H17NO4S. The summed E-state index contributed by atoms with van der Waals surface area (Å²) in [5.41, 5.74) is 0. The van der Waals surface area contributed by atoms with E-state index in [2.05, 4.69) is 0 Å². The van der Waals surface area contributed by atoms with Crippen LogP contribution in [-0.2, 0) is 14.8 Å². The molecule has 1 heterocycles. The van der Waals surface area contributed by atoms with Crippen molar-refractivity contribution >= 4 is 16.0 Å². The van der Waals surface area contributed by atoms with Gasteiger partial charge in [-0.05, 0) is 25.0 Å². The first kappa shape index (κ1) is 14.0. The van der Waals surface area contributed by atoms with Crippen molar-refractivity contribution in [1.82, 2.24) is 4.31 Å². The minimum atomic E-state index is -3.59. The fraction of sp³-hybridized carbons (Fsp3) is 0.462. The summed E-state index contributed by atoms with van der Waals surface area (Å²) in [5, 5.41) is 8.90. The Morgan fingerprint density at radius 1 is 1.26 bits per heavy atom. The van der Waals surface area contributed by atoms with Crippen LogP contribution in [0.2, 0.25) is 0 Å². The highest BCUT2D eigenvalue weighted by Gasteiger charge is 2.34. The van der Waals surface area contributed by atoms with Crippen molar-refractivity contribution < 1.29 is 18.3 Å². The van der Waals surface area contributed by atoms with Crippen LogP contribution in [0.25, 0.3) is 0 Å². The Morgan fingerprint density at radius 2 is 1.95 bits per heavy atom. The maximum absolute atomic E-state index is 12.5. The van der Waals surface area contributed by atoms with E-state index < -0.39 is 22.0 Å². The molecule has 0 amide bonds. The molecule has 0 radical (unpaired) electrons. The Balaban J connectivity index is 2.29. The van der Waals surface area contributed by atoms with Crippen molar-refractivity contribution in [3.05, 3.63) is 30.3 Å². The van der Waals surface area contributed by atoms with Gasteiger partial charge in [0.2, 0.25) is 10.0 Å². The molecule has 1 N–H and O–H groups in total. The zero-order valence-electron chi connectivity index (χ0n) is 10.5. The number of hydrogen-bond donors (Lipinski definition) is 1. The van der Waals surface area contributed by atoms with E-state index in [0.717, 1.165) is 12.8 Å². The van der Waals surface area contributed by atoms with Crippen LogP contribution in [0.1, 0.15) is 25.7 Å². The molecule has 104 valence electrons. The molecule has 1 aliphatic heterocycles. The van der Waals surface area contributed by atoms with Gasteiger partial charge in [0.1, 0.15) is 0 Å². The van der Waals surface area contributed by atoms with Crippen LogP contribution >= 0.6 is 0 Å². The lowest BCUT2D eigenvalue weighted by Gasteiger charge is -2.33. The lowest BCUT2D eigenvalue weighted by atomic mass is 10.0. The standard InChI is InChI=1S/C13H17NO4S/c15-13(16)10-11-6-4-5-9-14(11)19(17,18)12-7-2-1-3-8-12/h1-3,7-8,11H,4-6,9-10H2,(H,15,16)/t11-/m0/s1. The molecule has 1 saturated heterocycles. The Labute approximate surface area is 112 Å². The molecule has 1 aromatic rings. The van der Waals surface area contributed by atoms with Crippen molar-refractivity contribution in [3.8, 4) is 0 Å². The molecule has 6 heteroatoms. The van der Waals surface area contributed by atoms with Gasteiger partial charge in [0, 0.05) is 12.6 Å². The van der Waals surface area contributed by atoms with Gasteiger partial charge < -0.3 is 5.11 Å². The van der Waals surface area contributed by atoms with Crippen LogP contribution in [0.15, 0.2) is 35.2 Å². The zero-order valence-corrected chi connectivity index (χ0v) is 11.3. The lowest BCUT2D eigenvalue weighted by molar-refractivity contribution is -0.138. The molecule has 2 rings (SSSR count). The maximum atomic E-state index is 12.5. The van der Waals surface area contributed by atoms with Gasteiger partial charge in [-0.2, -0.15) is 4.31 Å². The molecule has 5 nitrogen and oxygen atoms in total. The molecule has 0 aliphatic carbocycles. The first-order valence-electron chi connectivity index (χ1n) is 6.30. The van der Waals surface area contributed by atoms with Crippen LogP contribution in [0.3, 0.4) is 0 Å². The highest BCUT2D eigenvalue weighted by atomic mass is 32.2. The number of nitrogens with zero attached hydrogens (tertiary/aromatic N) is 1. The van der Waals surface area contributed by atoms with Crippen LogP contribution in [0.5, 0.6) is 0 Å². The fourth-order valence-electron chi connectivity index (χ4n) is 2.42. The third kappa shape index (κ3) is 3.13. The largest absolute Gasteiger partial charge is 0.481 e. The first-order chi connectivity index (χ1) is 9.01. The number of hydrogen-bond acceptors (Lipinski definition) is 3. The molecule has 1 aliphatic rings. The number of rotatable bonds is 4. The smallest absolute Gasteiger partial charge is 0.304 e. The van der Waals surface area contributed by atoms with Gasteiger partial charge in [-0.15, -0.1) is 0 Å². The molecule has 0 aromatic heterocycles. The van der Waals surface area contributed by atoms with Gasteiger partial charge in [-0.3, -0.25) is 4.79 Å². The van der Waals surface area contributed by atoms with E-state index >= 15 is 0 Å². The van der Waals surface area contributed by atoms with Crippen LogP contribution in [-0.4, -0.2) is 36.4 Å². The summed E-state index contributed by atoms with van der Waals surface area (Å²) in [5.74, 6) is -0.958. The summed E-state index contributed by atoms with van der Waals surface area (Å²) in [6.07, 6.45) is 2.13. The predicted octanol–water partition coefficient (Wildman–Crippen LogP) is 1.70. The topological polar surface area (TPSA) is 74.7 Å². The molecule has 0 bridgehead atoms. The number of carbonyl (C=O) groups is 1. The van der Waals surface area contributed by atoms with Crippen molar-refractivity contribution in [2.24, 2.45) is 0 Å². The molecule has 1 aromatic carbocycles. The first-order valence-corrected chi connectivity index (χ1v) is 7.74. The quantitative estimate of drug-likeness (QED) is 0.912. The van der Waals surface area contributed by atoms with E-state index in [1.54, 1.807) is 30.3 Å². The van der Waals surface area contributed by atoms with Crippen LogP contribution < -0.4 is 0 Å². The fourth-order valence-corrected chi connectivity index (χ4v) is 4.14. The van der Waals surface area contributed by atoms with Gasteiger partial charge >= 0.3 is 5.97 Å². The van der Waals surface area contributed by atoms with Gasteiger partial charge in [-0.1, -0.05) is 24.6 Å². The molecule has 0 spiro atoms. The minimum absolute atomic E-state index is 0.133. The molecule has 0 unspecified atom stereocenters. The van der Waals surface area contributed by atoms with E-state index in [1.807, 2.05) is 0 Å². The van der Waals surface area contributed by atoms with Gasteiger partial charge in [-0.25, -0.2) is 8.42 Å². The summed E-state index contributed by atoms with van der Waals surface area (Å²) >= 11 is 0. The Morgan fingerprint density at radius 3 is 2.58 bits per heavy atom. The number of sulfonamides is 1. The summed E-state index contributed by atoms with van der Waals surface area (Å²) < 4.78 is 26.4. The summed E-state index contributed by atoms with van der Waals surface area (Å²) in [6.45, 7) is 0.398. The molecule has 1 atom stereocenters.